The molecule has 32 heavy (non-hydrogen) atoms. The lowest BCUT2D eigenvalue weighted by Crippen LogP contribution is -2.09. The zero-order chi connectivity index (χ0) is 22.5. The molecule has 0 N–H and O–H groups in total. The van der Waals surface area contributed by atoms with Crippen LogP contribution in [0.5, 0.6) is 0 Å². The third-order valence-electron chi connectivity index (χ3n) is 4.74. The van der Waals surface area contributed by atoms with Gasteiger partial charge < -0.3 is 0 Å². The molecule has 0 fully saturated rings. The molecule has 0 spiro atoms. The summed E-state index contributed by atoms with van der Waals surface area (Å²) in [4.78, 5) is 0. The lowest BCUT2D eigenvalue weighted by atomic mass is 10.0. The summed E-state index contributed by atoms with van der Waals surface area (Å²) in [6.45, 7) is 0. The largest absolute Gasteiger partial charge is 0.207 e. The van der Waals surface area contributed by atoms with Gasteiger partial charge in [-0.1, -0.05) is 24.3 Å². The van der Waals surface area contributed by atoms with Gasteiger partial charge in [0.25, 0.3) is 0 Å². The second-order valence-corrected chi connectivity index (χ2v) is 6.87. The Kier molecular flexibility index (Phi) is 6.22. The average molecular weight is 432 g/mol. The van der Waals surface area contributed by atoms with E-state index >= 15 is 0 Å². The molecule has 0 aromatic heterocycles. The van der Waals surface area contributed by atoms with Gasteiger partial charge in [-0.2, -0.15) is 0 Å². The lowest BCUT2D eigenvalue weighted by molar-refractivity contribution is 0.624. The van der Waals surface area contributed by atoms with Crippen LogP contribution in [0.3, 0.4) is 0 Å². The van der Waals surface area contributed by atoms with Crippen molar-refractivity contribution < 1.29 is 17.6 Å². The number of benzene rings is 4. The number of rotatable bonds is 5. The van der Waals surface area contributed by atoms with Crippen molar-refractivity contribution in [1.29, 1.82) is 0 Å². The van der Waals surface area contributed by atoms with Crippen LogP contribution in [0.2, 0.25) is 0 Å². The van der Waals surface area contributed by atoms with Crippen LogP contribution in [0.25, 0.3) is 0 Å². The van der Waals surface area contributed by atoms with E-state index < -0.39 is 23.3 Å². The van der Waals surface area contributed by atoms with Gasteiger partial charge in [-0.05, 0) is 72.8 Å². The molecule has 0 aliphatic heterocycles. The maximum atomic E-state index is 14.6. The zero-order valence-electron chi connectivity index (χ0n) is 16.6. The Bertz CT molecular complexity index is 1190. The van der Waals surface area contributed by atoms with Crippen molar-refractivity contribution in [3.63, 3.8) is 0 Å². The zero-order valence-corrected chi connectivity index (χ0v) is 16.6. The number of hydrogen-bond donors (Lipinski definition) is 0. The first-order valence-electron chi connectivity index (χ1n) is 9.70. The van der Waals surface area contributed by atoms with E-state index in [0.29, 0.717) is 11.1 Å². The molecule has 0 atom stereocenters. The highest BCUT2D eigenvalue weighted by Gasteiger charge is 2.15. The molecular weight excluding hydrogens is 416 g/mol. The smallest absolute Gasteiger partial charge is 0.132 e. The van der Waals surface area contributed by atoms with Gasteiger partial charge in [-0.3, -0.25) is 0 Å². The Morgan fingerprint density at radius 2 is 0.781 bits per heavy atom. The van der Waals surface area contributed by atoms with Crippen molar-refractivity contribution in [2.75, 3.05) is 0 Å². The summed E-state index contributed by atoms with van der Waals surface area (Å²) in [6, 6.07) is 22.7. The van der Waals surface area contributed by atoms with Gasteiger partial charge in [0.1, 0.15) is 34.7 Å². The van der Waals surface area contributed by atoms with E-state index in [1.165, 1.54) is 84.9 Å². The van der Waals surface area contributed by atoms with Crippen molar-refractivity contribution in [3.8, 4) is 0 Å². The molecule has 0 unspecified atom stereocenters. The summed E-state index contributed by atoms with van der Waals surface area (Å²) in [5.41, 5.74) is 1.42. The van der Waals surface area contributed by atoms with Crippen molar-refractivity contribution in [2.24, 2.45) is 10.2 Å². The second-order valence-electron chi connectivity index (χ2n) is 6.87. The highest BCUT2D eigenvalue weighted by molar-refractivity contribution is 6.15. The van der Waals surface area contributed by atoms with Gasteiger partial charge in [-0.15, -0.1) is 10.2 Å². The lowest BCUT2D eigenvalue weighted by Gasteiger charge is -2.10. The fraction of sp³-hybridized carbons (Fsp3) is 0. The predicted octanol–water partition coefficient (Wildman–Crippen LogP) is 6.53. The van der Waals surface area contributed by atoms with Crippen LogP contribution in [0.1, 0.15) is 22.3 Å². The van der Waals surface area contributed by atoms with Crippen LogP contribution in [0, 0.1) is 23.3 Å². The number of nitrogens with zero attached hydrogens (tertiary/aromatic N) is 2. The first kappa shape index (κ1) is 21.2. The first-order chi connectivity index (χ1) is 15.5. The van der Waals surface area contributed by atoms with Crippen LogP contribution in [-0.4, -0.2) is 11.4 Å². The molecule has 0 heterocycles. The van der Waals surface area contributed by atoms with Crippen molar-refractivity contribution in [3.05, 3.63) is 143 Å². The van der Waals surface area contributed by atoms with Gasteiger partial charge >= 0.3 is 0 Å². The molecule has 0 bridgehead atoms. The van der Waals surface area contributed by atoms with E-state index in [4.69, 9.17) is 0 Å². The molecule has 4 rings (SSSR count). The van der Waals surface area contributed by atoms with Crippen LogP contribution >= 0.6 is 0 Å². The van der Waals surface area contributed by atoms with E-state index in [1.54, 1.807) is 12.1 Å². The summed E-state index contributed by atoms with van der Waals surface area (Å²) in [7, 11) is 0. The normalized spacial score (nSPS) is 12.1. The fourth-order valence-electron chi connectivity index (χ4n) is 3.16. The Morgan fingerprint density at radius 3 is 1.12 bits per heavy atom. The van der Waals surface area contributed by atoms with Crippen LogP contribution in [0.15, 0.2) is 107 Å². The molecule has 4 aromatic carbocycles. The molecule has 4 aromatic rings. The van der Waals surface area contributed by atoms with E-state index in [-0.39, 0.29) is 22.6 Å². The van der Waals surface area contributed by atoms with Crippen molar-refractivity contribution in [2.45, 2.75) is 0 Å². The minimum absolute atomic E-state index is 0.138. The SMILES string of the molecule is Fc1ccc(C(=NN=C(c2ccc(F)cc2)c2ccccc2F)c2ccccc2F)cc1. The molecule has 0 radical (unpaired) electrons. The highest BCUT2D eigenvalue weighted by atomic mass is 19.1. The van der Waals surface area contributed by atoms with Gasteiger partial charge in [-0.25, -0.2) is 17.6 Å². The maximum Gasteiger partial charge on any atom is 0.132 e. The van der Waals surface area contributed by atoms with Gasteiger partial charge in [0.15, 0.2) is 0 Å². The van der Waals surface area contributed by atoms with Gasteiger partial charge in [0.05, 0.1) is 0 Å². The summed E-state index contributed by atoms with van der Waals surface area (Å²) in [5.74, 6) is -1.99. The van der Waals surface area contributed by atoms with Crippen molar-refractivity contribution in [1.82, 2.24) is 0 Å². The van der Waals surface area contributed by atoms with Crippen LogP contribution in [-0.2, 0) is 0 Å². The summed E-state index contributed by atoms with van der Waals surface area (Å²) in [6.07, 6.45) is 0. The summed E-state index contributed by atoms with van der Waals surface area (Å²) < 4.78 is 56.1. The standard InChI is InChI=1S/C26H16F4N2/c27-19-13-9-17(10-14-19)25(21-5-1-3-7-23(21)29)31-32-26(18-11-15-20(28)16-12-18)22-6-2-4-8-24(22)30/h1-16H. The Morgan fingerprint density at radius 1 is 0.438 bits per heavy atom. The summed E-state index contributed by atoms with van der Waals surface area (Å²) in [5, 5.41) is 8.51. The maximum absolute atomic E-state index is 14.6. The van der Waals surface area contributed by atoms with Gasteiger partial charge in [0.2, 0.25) is 0 Å². The number of halogens is 4. The molecule has 0 amide bonds. The molecule has 0 saturated heterocycles. The van der Waals surface area contributed by atoms with E-state index in [1.807, 2.05) is 0 Å². The second kappa shape index (κ2) is 9.39. The van der Waals surface area contributed by atoms with E-state index in [9.17, 15) is 17.6 Å². The van der Waals surface area contributed by atoms with Crippen molar-refractivity contribution >= 4 is 11.4 Å². The fourth-order valence-corrected chi connectivity index (χ4v) is 3.16. The van der Waals surface area contributed by atoms with Gasteiger partial charge in [0, 0.05) is 22.3 Å². The molecule has 2 nitrogen and oxygen atoms in total. The minimum Gasteiger partial charge on any atom is -0.207 e. The molecular formula is C26H16F4N2. The predicted molar refractivity (Wildman–Crippen MR) is 117 cm³/mol. The topological polar surface area (TPSA) is 24.7 Å². The quantitative estimate of drug-likeness (QED) is 0.195. The Balaban J connectivity index is 1.93. The Hall–Kier alpha value is -4.06. The van der Waals surface area contributed by atoms with E-state index in [0.717, 1.165) is 0 Å². The molecule has 6 heteroatoms. The van der Waals surface area contributed by atoms with E-state index in [2.05, 4.69) is 10.2 Å². The molecule has 0 aliphatic rings. The monoisotopic (exact) mass is 432 g/mol. The minimum atomic E-state index is -0.542. The van der Waals surface area contributed by atoms with Crippen LogP contribution in [0.4, 0.5) is 17.6 Å². The molecule has 0 saturated carbocycles. The highest BCUT2D eigenvalue weighted by Crippen LogP contribution is 2.19. The molecule has 0 aliphatic carbocycles. The summed E-state index contributed by atoms with van der Waals surface area (Å²) >= 11 is 0. The average Bonchev–Trinajstić information content (AvgIpc) is 2.80. The van der Waals surface area contributed by atoms with Crippen LogP contribution < -0.4 is 0 Å². The third kappa shape index (κ3) is 4.64. The Labute approximate surface area is 182 Å². The first-order valence-corrected chi connectivity index (χ1v) is 9.70. The third-order valence-corrected chi connectivity index (χ3v) is 4.74. The molecule has 158 valence electrons. The number of hydrogen-bond acceptors (Lipinski definition) is 2.